The van der Waals surface area contributed by atoms with Crippen LogP contribution in [0.3, 0.4) is 0 Å². The number of carbonyl (C=O) groups is 2. The van der Waals surface area contributed by atoms with Gasteiger partial charge < -0.3 is 24.6 Å². The van der Waals surface area contributed by atoms with E-state index in [9.17, 15) is 9.59 Å². The van der Waals surface area contributed by atoms with Crippen LogP contribution in [0.2, 0.25) is 0 Å². The van der Waals surface area contributed by atoms with Crippen LogP contribution in [0.1, 0.15) is 61.7 Å². The van der Waals surface area contributed by atoms with Crippen molar-refractivity contribution in [2.75, 3.05) is 44.7 Å². The van der Waals surface area contributed by atoms with Crippen LogP contribution in [0.15, 0.2) is 24.3 Å². The van der Waals surface area contributed by atoms with Gasteiger partial charge in [0.15, 0.2) is 0 Å². The predicted octanol–water partition coefficient (Wildman–Crippen LogP) is 3.89. The van der Waals surface area contributed by atoms with Crippen molar-refractivity contribution in [1.29, 1.82) is 0 Å². The Labute approximate surface area is 185 Å². The lowest BCUT2D eigenvalue weighted by atomic mass is 10.1. The van der Waals surface area contributed by atoms with E-state index >= 15 is 0 Å². The van der Waals surface area contributed by atoms with Gasteiger partial charge in [-0.1, -0.05) is 12.8 Å². The van der Waals surface area contributed by atoms with Gasteiger partial charge in [-0.2, -0.15) is 0 Å². The van der Waals surface area contributed by atoms with Crippen molar-refractivity contribution in [1.82, 2.24) is 9.80 Å². The summed E-state index contributed by atoms with van der Waals surface area (Å²) in [6, 6.07) is 7.12. The lowest BCUT2D eigenvalue weighted by Crippen LogP contribution is -2.44. The highest BCUT2D eigenvalue weighted by Crippen LogP contribution is 2.19. The number of urea groups is 1. The number of carbonyl (C=O) groups excluding carboxylic acids is 2. The molecule has 0 radical (unpaired) electrons. The summed E-state index contributed by atoms with van der Waals surface area (Å²) in [7, 11) is 0. The van der Waals surface area contributed by atoms with E-state index in [1.54, 1.807) is 0 Å². The minimum Gasteiger partial charge on any atom is -0.376 e. The molecule has 0 aliphatic carbocycles. The Bertz CT molecular complexity index is 701. The maximum absolute atomic E-state index is 13.0. The van der Waals surface area contributed by atoms with Crippen LogP contribution in [0.25, 0.3) is 0 Å². The van der Waals surface area contributed by atoms with Crippen LogP contribution < -0.4 is 5.32 Å². The highest BCUT2D eigenvalue weighted by Gasteiger charge is 2.27. The third-order valence-electron chi connectivity index (χ3n) is 6.46. The van der Waals surface area contributed by atoms with Gasteiger partial charge in [-0.3, -0.25) is 4.79 Å². The Morgan fingerprint density at radius 3 is 1.97 bits per heavy atom. The first-order valence-corrected chi connectivity index (χ1v) is 11.9. The molecule has 0 bridgehead atoms. The Morgan fingerprint density at radius 1 is 0.871 bits per heavy atom. The first-order valence-electron chi connectivity index (χ1n) is 11.9. The summed E-state index contributed by atoms with van der Waals surface area (Å²) in [5.41, 5.74) is 1.37. The molecule has 0 aromatic heterocycles. The van der Waals surface area contributed by atoms with Crippen LogP contribution in [0.5, 0.6) is 0 Å². The van der Waals surface area contributed by atoms with Gasteiger partial charge >= 0.3 is 6.03 Å². The second-order valence-corrected chi connectivity index (χ2v) is 8.89. The van der Waals surface area contributed by atoms with Crippen LogP contribution in [0.4, 0.5) is 10.5 Å². The molecule has 1 N–H and O–H groups in total. The highest BCUT2D eigenvalue weighted by atomic mass is 16.5. The molecule has 4 rings (SSSR count). The molecule has 2 atom stereocenters. The second kappa shape index (κ2) is 11.0. The molecule has 3 aliphatic rings. The largest absolute Gasteiger partial charge is 0.376 e. The number of nitrogens with one attached hydrogen (secondary N) is 1. The van der Waals surface area contributed by atoms with Gasteiger partial charge in [0, 0.05) is 50.6 Å². The van der Waals surface area contributed by atoms with Gasteiger partial charge in [0.1, 0.15) is 0 Å². The third-order valence-corrected chi connectivity index (χ3v) is 6.46. The van der Waals surface area contributed by atoms with Gasteiger partial charge in [-0.05, 0) is 62.8 Å². The van der Waals surface area contributed by atoms with Crippen molar-refractivity contribution in [3.63, 3.8) is 0 Å². The lowest BCUT2D eigenvalue weighted by molar-refractivity contribution is 0.0524. The van der Waals surface area contributed by atoms with E-state index in [0.717, 1.165) is 64.8 Å². The number of likely N-dealkylation sites (tertiary alicyclic amines) is 1. The maximum Gasteiger partial charge on any atom is 0.322 e. The monoisotopic (exact) mass is 429 g/mol. The molecular formula is C24H35N3O4. The average molecular weight is 430 g/mol. The second-order valence-electron chi connectivity index (χ2n) is 8.89. The number of hydrogen-bond acceptors (Lipinski definition) is 4. The van der Waals surface area contributed by atoms with E-state index in [4.69, 9.17) is 9.47 Å². The number of hydrogen-bond donors (Lipinski definition) is 1. The first kappa shape index (κ1) is 22.1. The van der Waals surface area contributed by atoms with E-state index in [2.05, 4.69) is 5.32 Å². The summed E-state index contributed by atoms with van der Waals surface area (Å²) in [5, 5.41) is 3.00. The Hall–Kier alpha value is -2.12. The molecule has 0 unspecified atom stereocenters. The van der Waals surface area contributed by atoms with Gasteiger partial charge in [-0.15, -0.1) is 0 Å². The smallest absolute Gasteiger partial charge is 0.322 e. The van der Waals surface area contributed by atoms with Crippen LogP contribution >= 0.6 is 0 Å². The van der Waals surface area contributed by atoms with E-state index in [-0.39, 0.29) is 24.1 Å². The molecule has 0 saturated carbocycles. The fraction of sp³-hybridized carbons (Fsp3) is 0.667. The van der Waals surface area contributed by atoms with E-state index < -0.39 is 0 Å². The highest BCUT2D eigenvalue weighted by molar-refractivity contribution is 5.95. The normalized spacial score (nSPS) is 24.1. The standard InChI is InChI=1S/C24H35N3O4/c28-23(26-13-3-1-2-4-14-26)19-9-11-20(12-10-19)25-24(29)27(17-21-7-5-15-30-21)18-22-8-6-16-31-22/h9-12,21-22H,1-8,13-18H2,(H,25,29)/t21-,22+. The minimum absolute atomic E-state index is 0.0816. The van der Waals surface area contributed by atoms with Crippen molar-refractivity contribution in [3.8, 4) is 0 Å². The molecule has 170 valence electrons. The lowest BCUT2D eigenvalue weighted by Gasteiger charge is -2.28. The fourth-order valence-corrected chi connectivity index (χ4v) is 4.66. The quantitative estimate of drug-likeness (QED) is 0.745. The van der Waals surface area contributed by atoms with E-state index in [1.807, 2.05) is 34.1 Å². The summed E-state index contributed by atoms with van der Waals surface area (Å²) < 4.78 is 11.5. The molecule has 3 aliphatic heterocycles. The van der Waals surface area contributed by atoms with E-state index in [1.165, 1.54) is 12.8 Å². The molecule has 1 aromatic rings. The molecule has 3 saturated heterocycles. The van der Waals surface area contributed by atoms with Crippen molar-refractivity contribution in [2.45, 2.75) is 63.6 Å². The Balaban J connectivity index is 1.36. The summed E-state index contributed by atoms with van der Waals surface area (Å²) in [6.07, 6.45) is 8.81. The zero-order chi connectivity index (χ0) is 21.5. The number of benzene rings is 1. The van der Waals surface area contributed by atoms with Crippen LogP contribution in [-0.2, 0) is 9.47 Å². The molecule has 7 heteroatoms. The number of amides is 3. The van der Waals surface area contributed by atoms with Crippen molar-refractivity contribution >= 4 is 17.6 Å². The Kier molecular flexibility index (Phi) is 7.81. The zero-order valence-electron chi connectivity index (χ0n) is 18.4. The van der Waals surface area contributed by atoms with Crippen LogP contribution in [-0.4, -0.2) is 73.3 Å². The van der Waals surface area contributed by atoms with Gasteiger partial charge in [0.2, 0.25) is 0 Å². The molecule has 0 spiro atoms. The number of nitrogens with zero attached hydrogens (tertiary/aromatic N) is 2. The van der Waals surface area contributed by atoms with Crippen molar-refractivity contribution in [2.24, 2.45) is 0 Å². The molecule has 1 aromatic carbocycles. The number of ether oxygens (including phenoxy) is 2. The number of rotatable bonds is 6. The van der Waals surface area contributed by atoms with Crippen molar-refractivity contribution in [3.05, 3.63) is 29.8 Å². The molecule has 3 fully saturated rings. The van der Waals surface area contributed by atoms with Gasteiger partial charge in [-0.25, -0.2) is 4.79 Å². The SMILES string of the molecule is O=C(Nc1ccc(C(=O)N2CCCCCC2)cc1)N(C[C@H]1CCCO1)C[C@@H]1CCCO1. The maximum atomic E-state index is 13.0. The fourth-order valence-electron chi connectivity index (χ4n) is 4.66. The topological polar surface area (TPSA) is 71.1 Å². The minimum atomic E-state index is -0.141. The summed E-state index contributed by atoms with van der Waals surface area (Å²) in [6.45, 7) is 4.37. The third kappa shape index (κ3) is 6.20. The molecule has 31 heavy (non-hydrogen) atoms. The first-order chi connectivity index (χ1) is 15.2. The number of anilines is 1. The molecular weight excluding hydrogens is 394 g/mol. The van der Waals surface area contributed by atoms with E-state index in [0.29, 0.717) is 24.3 Å². The zero-order valence-corrected chi connectivity index (χ0v) is 18.4. The van der Waals surface area contributed by atoms with Gasteiger partial charge in [0.25, 0.3) is 5.91 Å². The van der Waals surface area contributed by atoms with Crippen molar-refractivity contribution < 1.29 is 19.1 Å². The summed E-state index contributed by atoms with van der Waals surface area (Å²) in [4.78, 5) is 29.6. The van der Waals surface area contributed by atoms with Gasteiger partial charge in [0.05, 0.1) is 12.2 Å². The molecule has 3 heterocycles. The Morgan fingerprint density at radius 2 is 1.45 bits per heavy atom. The van der Waals surface area contributed by atoms with Crippen LogP contribution in [0, 0.1) is 0 Å². The summed E-state index contributed by atoms with van der Waals surface area (Å²) in [5.74, 6) is 0.0816. The molecule has 3 amide bonds. The predicted molar refractivity (Wildman–Crippen MR) is 119 cm³/mol. The average Bonchev–Trinajstić information content (AvgIpc) is 3.42. The summed E-state index contributed by atoms with van der Waals surface area (Å²) >= 11 is 0. The molecule has 7 nitrogen and oxygen atoms in total.